The van der Waals surface area contributed by atoms with Crippen LogP contribution in [0.15, 0.2) is 30.9 Å². The van der Waals surface area contributed by atoms with Crippen molar-refractivity contribution in [2.24, 2.45) is 0 Å². The van der Waals surface area contributed by atoms with Crippen molar-refractivity contribution in [3.05, 3.63) is 48.1 Å². The van der Waals surface area contributed by atoms with Gasteiger partial charge in [0.1, 0.15) is 6.61 Å². The van der Waals surface area contributed by atoms with Crippen LogP contribution in [-0.2, 0) is 4.74 Å². The molecule has 0 saturated heterocycles. The summed E-state index contributed by atoms with van der Waals surface area (Å²) in [4.78, 5) is 11.3. The summed E-state index contributed by atoms with van der Waals surface area (Å²) in [5.74, 6) is -2.40. The number of rotatable bonds is 5. The number of ketones is 1. The third-order valence-electron chi connectivity index (χ3n) is 1.71. The van der Waals surface area contributed by atoms with Crippen LogP contribution in [0, 0.1) is 11.6 Å². The summed E-state index contributed by atoms with van der Waals surface area (Å²) in [6, 6.07) is 2.99. The largest absolute Gasteiger partial charge is 0.369 e. The van der Waals surface area contributed by atoms with Crippen LogP contribution in [0.2, 0.25) is 0 Å². The molecule has 0 aliphatic carbocycles. The number of carbonyl (C=O) groups excluding carboxylic acids is 1. The Kier molecular flexibility index (Phi) is 4.12. The highest BCUT2D eigenvalue weighted by molar-refractivity contribution is 5.97. The lowest BCUT2D eigenvalue weighted by molar-refractivity contribution is 0.0806. The molecule has 0 amide bonds. The van der Waals surface area contributed by atoms with Crippen LogP contribution in [0.5, 0.6) is 0 Å². The van der Waals surface area contributed by atoms with E-state index in [0.29, 0.717) is 0 Å². The number of hydrogen-bond acceptors (Lipinski definition) is 2. The highest BCUT2D eigenvalue weighted by Gasteiger charge is 2.09. The monoisotopic (exact) mass is 212 g/mol. The SMILES string of the molecule is C=CCOCC(=O)c1ccc(F)c(F)c1. The average molecular weight is 212 g/mol. The summed E-state index contributed by atoms with van der Waals surface area (Å²) in [6.45, 7) is 3.49. The molecule has 0 heterocycles. The van der Waals surface area contributed by atoms with Crippen LogP contribution in [0.25, 0.3) is 0 Å². The Labute approximate surface area is 86.2 Å². The Hall–Kier alpha value is -1.55. The van der Waals surface area contributed by atoms with Crippen molar-refractivity contribution in [3.8, 4) is 0 Å². The number of hydrogen-bond donors (Lipinski definition) is 0. The highest BCUT2D eigenvalue weighted by atomic mass is 19.2. The maximum Gasteiger partial charge on any atom is 0.188 e. The molecule has 0 aliphatic rings. The minimum absolute atomic E-state index is 0.0953. The van der Waals surface area contributed by atoms with Gasteiger partial charge in [0, 0.05) is 5.56 Å². The first kappa shape index (κ1) is 11.5. The first-order valence-corrected chi connectivity index (χ1v) is 4.32. The molecule has 2 nitrogen and oxygen atoms in total. The maximum absolute atomic E-state index is 12.7. The van der Waals surface area contributed by atoms with E-state index in [4.69, 9.17) is 4.74 Å². The molecule has 0 aliphatic heterocycles. The Morgan fingerprint density at radius 2 is 2.13 bits per heavy atom. The van der Waals surface area contributed by atoms with Gasteiger partial charge in [0.2, 0.25) is 0 Å². The second-order valence-electron chi connectivity index (χ2n) is 2.86. The lowest BCUT2D eigenvalue weighted by Gasteiger charge is -2.01. The Morgan fingerprint density at radius 1 is 1.40 bits per heavy atom. The van der Waals surface area contributed by atoms with Crippen LogP contribution < -0.4 is 0 Å². The van der Waals surface area contributed by atoms with Crippen molar-refractivity contribution in [3.63, 3.8) is 0 Å². The Bertz CT molecular complexity index is 375. The van der Waals surface area contributed by atoms with Gasteiger partial charge < -0.3 is 4.74 Å². The Morgan fingerprint density at radius 3 is 2.73 bits per heavy atom. The molecular formula is C11H10F2O2. The zero-order chi connectivity index (χ0) is 11.3. The van der Waals surface area contributed by atoms with Crippen LogP contribution in [0.4, 0.5) is 8.78 Å². The molecule has 0 saturated carbocycles. The smallest absolute Gasteiger partial charge is 0.188 e. The fourth-order valence-electron chi connectivity index (χ4n) is 0.988. The van der Waals surface area contributed by atoms with Gasteiger partial charge in [0.25, 0.3) is 0 Å². The summed E-state index contributed by atoms with van der Waals surface area (Å²) in [6.07, 6.45) is 1.50. The number of carbonyl (C=O) groups is 1. The summed E-state index contributed by atoms with van der Waals surface area (Å²) in [5, 5.41) is 0. The Balaban J connectivity index is 2.65. The average Bonchev–Trinajstić information content (AvgIpc) is 2.22. The van der Waals surface area contributed by atoms with Gasteiger partial charge in [-0.15, -0.1) is 6.58 Å². The maximum atomic E-state index is 12.7. The van der Waals surface area contributed by atoms with Crippen LogP contribution >= 0.6 is 0 Å². The summed E-state index contributed by atoms with van der Waals surface area (Å²) in [5.41, 5.74) is 0.0953. The third-order valence-corrected chi connectivity index (χ3v) is 1.71. The van der Waals surface area contributed by atoms with Crippen molar-refractivity contribution >= 4 is 5.78 Å². The van der Waals surface area contributed by atoms with E-state index < -0.39 is 17.4 Å². The zero-order valence-corrected chi connectivity index (χ0v) is 8.00. The minimum Gasteiger partial charge on any atom is -0.369 e. The topological polar surface area (TPSA) is 26.3 Å². The van der Waals surface area contributed by atoms with E-state index in [0.717, 1.165) is 12.1 Å². The van der Waals surface area contributed by atoms with Crippen LogP contribution in [0.3, 0.4) is 0 Å². The fourth-order valence-corrected chi connectivity index (χ4v) is 0.988. The number of benzene rings is 1. The molecule has 4 heteroatoms. The quantitative estimate of drug-likeness (QED) is 0.425. The van der Waals surface area contributed by atoms with E-state index in [1.807, 2.05) is 0 Å². The van der Waals surface area contributed by atoms with Crippen LogP contribution in [0.1, 0.15) is 10.4 Å². The van der Waals surface area contributed by atoms with Gasteiger partial charge in [0.05, 0.1) is 6.61 Å². The summed E-state index contributed by atoms with van der Waals surface area (Å²) in [7, 11) is 0. The predicted molar refractivity (Wildman–Crippen MR) is 51.7 cm³/mol. The van der Waals surface area contributed by atoms with Crippen molar-refractivity contribution in [1.82, 2.24) is 0 Å². The van der Waals surface area contributed by atoms with Gasteiger partial charge in [-0.3, -0.25) is 4.79 Å². The second kappa shape index (κ2) is 5.36. The van der Waals surface area contributed by atoms with E-state index in [9.17, 15) is 13.6 Å². The molecule has 0 N–H and O–H groups in total. The third kappa shape index (κ3) is 3.25. The normalized spacial score (nSPS) is 10.0. The van der Waals surface area contributed by atoms with Crippen LogP contribution in [-0.4, -0.2) is 19.0 Å². The van der Waals surface area contributed by atoms with Gasteiger partial charge in [-0.1, -0.05) is 6.08 Å². The summed E-state index contributed by atoms with van der Waals surface area (Å²) < 4.78 is 30.2. The van der Waals surface area contributed by atoms with E-state index in [1.54, 1.807) is 0 Å². The van der Waals surface area contributed by atoms with Gasteiger partial charge in [0.15, 0.2) is 17.4 Å². The number of halogens is 2. The first-order chi connectivity index (χ1) is 7.15. The first-order valence-electron chi connectivity index (χ1n) is 4.32. The van der Waals surface area contributed by atoms with Gasteiger partial charge in [-0.2, -0.15) is 0 Å². The molecule has 0 radical (unpaired) electrons. The second-order valence-corrected chi connectivity index (χ2v) is 2.86. The molecule has 1 rings (SSSR count). The van der Waals surface area contributed by atoms with Crippen molar-refractivity contribution < 1.29 is 18.3 Å². The number of ether oxygens (including phenoxy) is 1. The van der Waals surface area contributed by atoms with E-state index >= 15 is 0 Å². The molecule has 1 aromatic rings. The van der Waals surface area contributed by atoms with E-state index in [-0.39, 0.29) is 18.8 Å². The molecule has 0 fully saturated rings. The molecule has 1 aromatic carbocycles. The zero-order valence-electron chi connectivity index (χ0n) is 8.00. The molecular weight excluding hydrogens is 202 g/mol. The van der Waals surface area contributed by atoms with Crippen molar-refractivity contribution in [2.75, 3.05) is 13.2 Å². The lowest BCUT2D eigenvalue weighted by atomic mass is 10.1. The molecule has 0 bridgehead atoms. The fraction of sp³-hybridized carbons (Fsp3) is 0.182. The molecule has 0 aromatic heterocycles. The molecule has 80 valence electrons. The minimum atomic E-state index is -1.04. The highest BCUT2D eigenvalue weighted by Crippen LogP contribution is 2.09. The molecule has 0 unspecified atom stereocenters. The van der Waals surface area contributed by atoms with Gasteiger partial charge in [-0.05, 0) is 18.2 Å². The van der Waals surface area contributed by atoms with Crippen molar-refractivity contribution in [2.45, 2.75) is 0 Å². The standard InChI is InChI=1S/C11H10F2O2/c1-2-5-15-7-11(14)8-3-4-9(12)10(13)6-8/h2-4,6H,1,5,7H2. The van der Waals surface area contributed by atoms with Crippen molar-refractivity contribution in [1.29, 1.82) is 0 Å². The van der Waals surface area contributed by atoms with Gasteiger partial charge >= 0.3 is 0 Å². The number of Topliss-reactive ketones (excluding diaryl/α,β-unsaturated/α-hetero) is 1. The molecule has 0 spiro atoms. The lowest BCUT2D eigenvalue weighted by Crippen LogP contribution is -2.09. The molecule has 0 atom stereocenters. The summed E-state index contributed by atoms with van der Waals surface area (Å²) >= 11 is 0. The molecule has 15 heavy (non-hydrogen) atoms. The van der Waals surface area contributed by atoms with E-state index in [2.05, 4.69) is 6.58 Å². The predicted octanol–water partition coefficient (Wildman–Crippen LogP) is 2.35. The van der Waals surface area contributed by atoms with Gasteiger partial charge in [-0.25, -0.2) is 8.78 Å². The van der Waals surface area contributed by atoms with E-state index in [1.165, 1.54) is 12.1 Å².